The van der Waals surface area contributed by atoms with Crippen LogP contribution in [0.2, 0.25) is 0 Å². The fraction of sp³-hybridized carbons (Fsp3) is 0.700. The van der Waals surface area contributed by atoms with Crippen molar-refractivity contribution in [1.29, 1.82) is 0 Å². The van der Waals surface area contributed by atoms with Crippen molar-refractivity contribution in [3.8, 4) is 0 Å². The minimum absolute atomic E-state index is 0.269. The number of aliphatic hydroxyl groups is 1. The number of alkyl carbamates (subject to hydrolysis) is 1. The van der Waals surface area contributed by atoms with Crippen LogP contribution in [0.4, 0.5) is 4.79 Å². The topological polar surface area (TPSA) is 108 Å². The number of ether oxygens (including phenoxy) is 1. The molecule has 216 valence electrons. The van der Waals surface area contributed by atoms with E-state index < -0.39 is 36.3 Å². The van der Waals surface area contributed by atoms with Crippen LogP contribution in [0, 0.1) is 13.8 Å². The van der Waals surface area contributed by atoms with Gasteiger partial charge in [-0.05, 0) is 64.2 Å². The smallest absolute Gasteiger partial charge is 0.408 e. The molecule has 1 rings (SSSR count). The van der Waals surface area contributed by atoms with E-state index in [1.165, 1.54) is 11.3 Å². The van der Waals surface area contributed by atoms with Crippen molar-refractivity contribution in [2.75, 3.05) is 19.7 Å². The van der Waals surface area contributed by atoms with Crippen LogP contribution in [0.5, 0.6) is 0 Å². The van der Waals surface area contributed by atoms with Crippen LogP contribution < -0.4 is 10.6 Å². The Morgan fingerprint density at radius 1 is 0.947 bits per heavy atom. The maximum absolute atomic E-state index is 13.9. The molecular formula is C30H51N3O5. The second kappa shape index (κ2) is 17.1. The van der Waals surface area contributed by atoms with Gasteiger partial charge in [0.25, 0.3) is 0 Å². The molecule has 0 aliphatic rings. The van der Waals surface area contributed by atoms with Gasteiger partial charge in [-0.1, -0.05) is 70.6 Å². The maximum atomic E-state index is 13.9. The maximum Gasteiger partial charge on any atom is 0.408 e. The molecule has 0 fully saturated rings. The predicted octanol–water partition coefficient (Wildman–Crippen LogP) is 5.34. The van der Waals surface area contributed by atoms with Gasteiger partial charge in [-0.25, -0.2) is 4.79 Å². The Morgan fingerprint density at radius 2 is 1.58 bits per heavy atom. The molecule has 0 aliphatic carbocycles. The van der Waals surface area contributed by atoms with E-state index in [-0.39, 0.29) is 5.91 Å². The van der Waals surface area contributed by atoms with Crippen LogP contribution in [0.3, 0.4) is 0 Å². The second-order valence-corrected chi connectivity index (χ2v) is 11.1. The number of carbonyl (C=O) groups is 3. The number of aryl methyl sites for hydroxylation is 2. The minimum Gasteiger partial charge on any atom is -0.444 e. The zero-order chi connectivity index (χ0) is 28.7. The van der Waals surface area contributed by atoms with Gasteiger partial charge in [0, 0.05) is 13.1 Å². The highest BCUT2D eigenvalue weighted by molar-refractivity contribution is 5.92. The molecule has 0 aromatic heterocycles. The Kier molecular flexibility index (Phi) is 15.0. The molecule has 38 heavy (non-hydrogen) atoms. The lowest BCUT2D eigenvalue weighted by Crippen LogP contribution is -2.54. The summed E-state index contributed by atoms with van der Waals surface area (Å²) < 4.78 is 5.31. The molecule has 3 N–H and O–H groups in total. The van der Waals surface area contributed by atoms with Gasteiger partial charge in [0.1, 0.15) is 17.7 Å². The van der Waals surface area contributed by atoms with Gasteiger partial charge < -0.3 is 25.4 Å². The van der Waals surface area contributed by atoms with Crippen LogP contribution >= 0.6 is 0 Å². The van der Waals surface area contributed by atoms with E-state index in [0.717, 1.165) is 49.7 Å². The standard InChI is InChI=1S/C30H51N3O5/c1-8-10-12-13-14-15-19-33(28(36)25(21-34)32-29(37)38-30(5,6)7)26(27(35)31-18-11-9-2)24-17-16-22(3)23(4)20-24/h16-17,20,25-26,34H,8-15,18-19,21H2,1-7H3,(H,31,35)(H,32,37). The number of nitrogens with one attached hydrogen (secondary N) is 2. The Labute approximate surface area is 229 Å². The minimum atomic E-state index is -1.23. The molecule has 1 aromatic rings. The quantitative estimate of drug-likeness (QED) is 0.249. The summed E-state index contributed by atoms with van der Waals surface area (Å²) in [5.41, 5.74) is 2.06. The first kappa shape index (κ1) is 33.4. The van der Waals surface area contributed by atoms with Crippen molar-refractivity contribution < 1.29 is 24.2 Å². The monoisotopic (exact) mass is 533 g/mol. The zero-order valence-electron chi connectivity index (χ0n) is 24.7. The highest BCUT2D eigenvalue weighted by atomic mass is 16.6. The molecule has 3 amide bonds. The van der Waals surface area contributed by atoms with Crippen LogP contribution in [0.1, 0.15) is 109 Å². The Hall–Kier alpha value is -2.61. The molecule has 8 nitrogen and oxygen atoms in total. The average Bonchev–Trinajstić information content (AvgIpc) is 2.84. The molecule has 0 heterocycles. The number of unbranched alkanes of at least 4 members (excludes halogenated alkanes) is 6. The van der Waals surface area contributed by atoms with E-state index in [2.05, 4.69) is 24.5 Å². The van der Waals surface area contributed by atoms with Crippen molar-refractivity contribution in [3.05, 3.63) is 34.9 Å². The number of benzene rings is 1. The van der Waals surface area contributed by atoms with Crippen LogP contribution in [-0.2, 0) is 14.3 Å². The molecule has 0 bridgehead atoms. The molecule has 0 spiro atoms. The number of hydrogen-bond donors (Lipinski definition) is 3. The van der Waals surface area contributed by atoms with Crippen molar-refractivity contribution in [2.24, 2.45) is 0 Å². The SMILES string of the molecule is CCCCCCCCN(C(=O)C(CO)NC(=O)OC(C)(C)C)C(C(=O)NCCCC)c1ccc(C)c(C)c1. The summed E-state index contributed by atoms with van der Waals surface area (Å²) in [6.07, 6.45) is 7.09. The van der Waals surface area contributed by atoms with Crippen LogP contribution in [-0.4, -0.2) is 59.3 Å². The number of nitrogens with zero attached hydrogens (tertiary/aromatic N) is 1. The third-order valence-electron chi connectivity index (χ3n) is 6.44. The van der Waals surface area contributed by atoms with Crippen molar-refractivity contribution >= 4 is 17.9 Å². The Bertz CT molecular complexity index is 881. The summed E-state index contributed by atoms with van der Waals surface area (Å²) in [7, 11) is 0. The number of amides is 3. The molecule has 2 unspecified atom stereocenters. The summed E-state index contributed by atoms with van der Waals surface area (Å²) in [6, 6.07) is 3.65. The molecule has 0 saturated carbocycles. The number of rotatable bonds is 16. The summed E-state index contributed by atoms with van der Waals surface area (Å²) >= 11 is 0. The lowest BCUT2D eigenvalue weighted by atomic mass is 9.98. The van der Waals surface area contributed by atoms with E-state index >= 15 is 0 Å². The summed E-state index contributed by atoms with van der Waals surface area (Å²) in [4.78, 5) is 41.4. The molecule has 8 heteroatoms. The highest BCUT2D eigenvalue weighted by Gasteiger charge is 2.36. The normalized spacial score (nSPS) is 12.9. The average molecular weight is 534 g/mol. The van der Waals surface area contributed by atoms with Crippen molar-refractivity contribution in [1.82, 2.24) is 15.5 Å². The summed E-state index contributed by atoms with van der Waals surface area (Å²) in [5, 5.41) is 15.6. The van der Waals surface area contributed by atoms with Gasteiger partial charge >= 0.3 is 6.09 Å². The fourth-order valence-corrected chi connectivity index (χ4v) is 4.16. The van der Waals surface area contributed by atoms with Gasteiger partial charge in [-0.15, -0.1) is 0 Å². The lowest BCUT2D eigenvalue weighted by molar-refractivity contribution is -0.143. The fourth-order valence-electron chi connectivity index (χ4n) is 4.16. The first-order chi connectivity index (χ1) is 17.9. The molecule has 0 radical (unpaired) electrons. The second-order valence-electron chi connectivity index (χ2n) is 11.1. The first-order valence-corrected chi connectivity index (χ1v) is 14.2. The van der Waals surface area contributed by atoms with E-state index in [4.69, 9.17) is 4.74 Å². The third kappa shape index (κ3) is 11.8. The Morgan fingerprint density at radius 3 is 2.16 bits per heavy atom. The van der Waals surface area contributed by atoms with Crippen molar-refractivity contribution in [3.63, 3.8) is 0 Å². The van der Waals surface area contributed by atoms with E-state index in [9.17, 15) is 19.5 Å². The van der Waals surface area contributed by atoms with Gasteiger partial charge in [0.05, 0.1) is 6.61 Å². The van der Waals surface area contributed by atoms with Crippen molar-refractivity contribution in [2.45, 2.75) is 118 Å². The largest absolute Gasteiger partial charge is 0.444 e. The number of hydrogen-bond acceptors (Lipinski definition) is 5. The van der Waals surface area contributed by atoms with Crippen LogP contribution in [0.25, 0.3) is 0 Å². The van der Waals surface area contributed by atoms with E-state index in [1.54, 1.807) is 20.8 Å². The number of carbonyl (C=O) groups excluding carboxylic acids is 3. The molecule has 2 atom stereocenters. The molecule has 0 aliphatic heterocycles. The van der Waals surface area contributed by atoms with Gasteiger partial charge in [-0.2, -0.15) is 0 Å². The van der Waals surface area contributed by atoms with E-state index in [0.29, 0.717) is 25.1 Å². The lowest BCUT2D eigenvalue weighted by Gasteiger charge is -2.34. The van der Waals surface area contributed by atoms with Gasteiger partial charge in [-0.3, -0.25) is 9.59 Å². The van der Waals surface area contributed by atoms with Gasteiger partial charge in [0.2, 0.25) is 11.8 Å². The summed E-state index contributed by atoms with van der Waals surface area (Å²) in [5.74, 6) is -0.782. The van der Waals surface area contributed by atoms with Crippen LogP contribution in [0.15, 0.2) is 18.2 Å². The first-order valence-electron chi connectivity index (χ1n) is 14.2. The van der Waals surface area contributed by atoms with Gasteiger partial charge in [0.15, 0.2) is 0 Å². The third-order valence-corrected chi connectivity index (χ3v) is 6.44. The molecule has 0 saturated heterocycles. The van der Waals surface area contributed by atoms with E-state index in [1.807, 2.05) is 32.0 Å². The number of aliphatic hydroxyl groups excluding tert-OH is 1. The molecular weight excluding hydrogens is 482 g/mol. The predicted molar refractivity (Wildman–Crippen MR) is 152 cm³/mol. The highest BCUT2D eigenvalue weighted by Crippen LogP contribution is 2.26. The summed E-state index contributed by atoms with van der Waals surface area (Å²) in [6.45, 7) is 13.6. The molecule has 1 aromatic carbocycles. The zero-order valence-corrected chi connectivity index (χ0v) is 24.7. The Balaban J connectivity index is 3.35.